The van der Waals surface area contributed by atoms with Crippen LogP contribution in [-0.2, 0) is 0 Å². The van der Waals surface area contributed by atoms with E-state index in [0.717, 1.165) is 5.56 Å². The van der Waals surface area contributed by atoms with E-state index in [0.29, 0.717) is 24.6 Å². The van der Waals surface area contributed by atoms with E-state index in [4.69, 9.17) is 10.5 Å². The number of benzene rings is 2. The minimum Gasteiger partial charge on any atom is -0.507 e. The molecule has 0 aliphatic carbocycles. The zero-order valence-corrected chi connectivity index (χ0v) is 11.8. The van der Waals surface area contributed by atoms with Gasteiger partial charge in [-0.25, -0.2) is 0 Å². The van der Waals surface area contributed by atoms with E-state index in [2.05, 4.69) is 5.32 Å². The number of ether oxygens (including phenoxy) is 1. The van der Waals surface area contributed by atoms with Gasteiger partial charge in [0.05, 0.1) is 11.3 Å². The fourth-order valence-electron chi connectivity index (χ4n) is 1.89. The molecule has 0 radical (unpaired) electrons. The number of phenols is 1. The van der Waals surface area contributed by atoms with E-state index in [1.807, 2.05) is 13.0 Å². The summed E-state index contributed by atoms with van der Waals surface area (Å²) in [7, 11) is 0. The van der Waals surface area contributed by atoms with Gasteiger partial charge in [0.2, 0.25) is 0 Å². The molecule has 0 aliphatic rings. The van der Waals surface area contributed by atoms with Crippen LogP contribution in [-0.4, -0.2) is 24.2 Å². The Morgan fingerprint density at radius 2 is 2.05 bits per heavy atom. The van der Waals surface area contributed by atoms with Crippen molar-refractivity contribution < 1.29 is 14.6 Å². The molecular weight excluding hydrogens is 268 g/mol. The molecule has 0 aromatic heterocycles. The molecule has 5 nitrogen and oxygen atoms in total. The fourth-order valence-corrected chi connectivity index (χ4v) is 1.89. The van der Waals surface area contributed by atoms with Crippen molar-refractivity contribution in [2.24, 2.45) is 5.73 Å². The Bertz CT molecular complexity index is 641. The van der Waals surface area contributed by atoms with Gasteiger partial charge < -0.3 is 20.9 Å². The largest absolute Gasteiger partial charge is 0.507 e. The van der Waals surface area contributed by atoms with Gasteiger partial charge in [-0.15, -0.1) is 0 Å². The Hall–Kier alpha value is -2.53. The van der Waals surface area contributed by atoms with Gasteiger partial charge >= 0.3 is 0 Å². The molecule has 0 fully saturated rings. The molecule has 0 spiro atoms. The van der Waals surface area contributed by atoms with E-state index in [9.17, 15) is 9.90 Å². The molecule has 0 saturated heterocycles. The molecule has 2 rings (SSSR count). The first kappa shape index (κ1) is 14.9. The zero-order valence-electron chi connectivity index (χ0n) is 11.8. The second kappa shape index (κ2) is 6.76. The number of amides is 1. The third-order valence-electron chi connectivity index (χ3n) is 2.91. The number of aryl methyl sites for hydroxylation is 1. The molecule has 0 atom stereocenters. The molecule has 5 heteroatoms. The summed E-state index contributed by atoms with van der Waals surface area (Å²) in [5, 5.41) is 12.5. The van der Waals surface area contributed by atoms with Crippen LogP contribution in [0, 0.1) is 6.92 Å². The van der Waals surface area contributed by atoms with Crippen LogP contribution in [0.4, 0.5) is 5.69 Å². The Labute approximate surface area is 123 Å². The normalized spacial score (nSPS) is 10.2. The van der Waals surface area contributed by atoms with Crippen LogP contribution in [0.3, 0.4) is 0 Å². The minimum atomic E-state index is -0.389. The number of hydrogen-bond acceptors (Lipinski definition) is 4. The Balaban J connectivity index is 2.21. The van der Waals surface area contributed by atoms with Gasteiger partial charge in [0.25, 0.3) is 5.91 Å². The van der Waals surface area contributed by atoms with E-state index < -0.39 is 0 Å². The molecule has 4 N–H and O–H groups in total. The predicted octanol–water partition coefficient (Wildman–Crippen LogP) is 2.29. The number of hydrogen-bond donors (Lipinski definition) is 3. The molecule has 1 amide bonds. The van der Waals surface area contributed by atoms with Crippen molar-refractivity contribution >= 4 is 11.6 Å². The highest BCUT2D eigenvalue weighted by atomic mass is 16.5. The molecule has 2 aromatic rings. The molecule has 2 aromatic carbocycles. The van der Waals surface area contributed by atoms with Crippen molar-refractivity contribution in [2.75, 3.05) is 18.5 Å². The van der Waals surface area contributed by atoms with Gasteiger partial charge in [0.1, 0.15) is 18.1 Å². The Morgan fingerprint density at radius 3 is 2.81 bits per heavy atom. The number of rotatable bonds is 5. The van der Waals surface area contributed by atoms with Gasteiger partial charge in [-0.2, -0.15) is 0 Å². The molecule has 0 saturated carbocycles. The van der Waals surface area contributed by atoms with Crippen LogP contribution in [0.2, 0.25) is 0 Å². The van der Waals surface area contributed by atoms with E-state index in [-0.39, 0.29) is 17.2 Å². The monoisotopic (exact) mass is 286 g/mol. The van der Waals surface area contributed by atoms with Crippen molar-refractivity contribution in [2.45, 2.75) is 6.92 Å². The second-order valence-corrected chi connectivity index (χ2v) is 4.61. The third kappa shape index (κ3) is 3.73. The minimum absolute atomic E-state index is 0.0570. The number of carbonyl (C=O) groups excluding carboxylic acids is 1. The lowest BCUT2D eigenvalue weighted by Crippen LogP contribution is -2.15. The molecule has 21 heavy (non-hydrogen) atoms. The summed E-state index contributed by atoms with van der Waals surface area (Å²) in [4.78, 5) is 12.3. The third-order valence-corrected chi connectivity index (χ3v) is 2.91. The van der Waals surface area contributed by atoms with Gasteiger partial charge in [-0.1, -0.05) is 23.8 Å². The van der Waals surface area contributed by atoms with Crippen molar-refractivity contribution in [1.29, 1.82) is 0 Å². The predicted molar refractivity (Wildman–Crippen MR) is 81.8 cm³/mol. The van der Waals surface area contributed by atoms with Crippen LogP contribution in [0.15, 0.2) is 42.5 Å². The maximum absolute atomic E-state index is 12.3. The van der Waals surface area contributed by atoms with Crippen LogP contribution < -0.4 is 15.8 Å². The topological polar surface area (TPSA) is 84.6 Å². The number of nitrogens with two attached hydrogens (primary N) is 1. The molecule has 0 aliphatic heterocycles. The molecule has 110 valence electrons. The fraction of sp³-hybridized carbons (Fsp3) is 0.188. The summed E-state index contributed by atoms with van der Waals surface area (Å²) in [6.07, 6.45) is 0. The van der Waals surface area contributed by atoms with E-state index >= 15 is 0 Å². The maximum Gasteiger partial charge on any atom is 0.259 e. The lowest BCUT2D eigenvalue weighted by Gasteiger charge is -2.12. The standard InChI is InChI=1S/C16H18N2O3/c1-11-6-7-14(19)12(10-11)16(20)18-13-4-2-3-5-15(13)21-9-8-17/h2-7,10,19H,8-9,17H2,1H3,(H,18,20). The summed E-state index contributed by atoms with van der Waals surface area (Å²) in [6, 6.07) is 12.0. The smallest absolute Gasteiger partial charge is 0.259 e. The van der Waals surface area contributed by atoms with Gasteiger partial charge in [-0.05, 0) is 31.2 Å². The first-order chi connectivity index (χ1) is 10.1. The Morgan fingerprint density at radius 1 is 1.29 bits per heavy atom. The number of para-hydroxylation sites is 2. The summed E-state index contributed by atoms with van der Waals surface area (Å²) in [6.45, 7) is 2.61. The highest BCUT2D eigenvalue weighted by molar-refractivity contribution is 6.06. The lowest BCUT2D eigenvalue weighted by atomic mass is 10.1. The molecule has 0 heterocycles. The van der Waals surface area contributed by atoms with Crippen molar-refractivity contribution in [3.8, 4) is 11.5 Å². The van der Waals surface area contributed by atoms with Gasteiger partial charge in [0, 0.05) is 6.54 Å². The quantitative estimate of drug-likeness (QED) is 0.787. The second-order valence-electron chi connectivity index (χ2n) is 4.61. The molecule has 0 unspecified atom stereocenters. The van der Waals surface area contributed by atoms with Gasteiger partial charge in [-0.3, -0.25) is 4.79 Å². The summed E-state index contributed by atoms with van der Waals surface area (Å²) < 4.78 is 5.47. The van der Waals surface area contributed by atoms with Crippen LogP contribution in [0.5, 0.6) is 11.5 Å². The van der Waals surface area contributed by atoms with Crippen molar-refractivity contribution in [3.63, 3.8) is 0 Å². The average molecular weight is 286 g/mol. The summed E-state index contributed by atoms with van der Waals surface area (Å²) in [5.41, 5.74) is 7.07. The number of anilines is 1. The number of aromatic hydroxyl groups is 1. The summed E-state index contributed by atoms with van der Waals surface area (Å²) >= 11 is 0. The van der Waals surface area contributed by atoms with Gasteiger partial charge in [0.15, 0.2) is 0 Å². The first-order valence-electron chi connectivity index (χ1n) is 6.64. The van der Waals surface area contributed by atoms with Crippen LogP contribution >= 0.6 is 0 Å². The number of nitrogens with one attached hydrogen (secondary N) is 1. The Kier molecular flexibility index (Phi) is 4.79. The average Bonchev–Trinajstić information content (AvgIpc) is 2.48. The first-order valence-corrected chi connectivity index (χ1v) is 6.64. The number of carbonyl (C=O) groups is 1. The highest BCUT2D eigenvalue weighted by Crippen LogP contribution is 2.26. The van der Waals surface area contributed by atoms with E-state index in [1.165, 1.54) is 6.07 Å². The SMILES string of the molecule is Cc1ccc(O)c(C(=O)Nc2ccccc2OCCN)c1. The lowest BCUT2D eigenvalue weighted by molar-refractivity contribution is 0.102. The van der Waals surface area contributed by atoms with Crippen LogP contribution in [0.1, 0.15) is 15.9 Å². The zero-order chi connectivity index (χ0) is 15.2. The summed E-state index contributed by atoms with van der Waals surface area (Å²) in [5.74, 6) is 0.0990. The highest BCUT2D eigenvalue weighted by Gasteiger charge is 2.13. The van der Waals surface area contributed by atoms with Crippen LogP contribution in [0.25, 0.3) is 0 Å². The maximum atomic E-state index is 12.3. The molecular formula is C16H18N2O3. The van der Waals surface area contributed by atoms with E-state index in [1.54, 1.807) is 30.3 Å². The molecule has 0 bridgehead atoms. The van der Waals surface area contributed by atoms with Crippen molar-refractivity contribution in [3.05, 3.63) is 53.6 Å². The number of phenolic OH excluding ortho intramolecular Hbond substituents is 1. The van der Waals surface area contributed by atoms with Crippen molar-refractivity contribution in [1.82, 2.24) is 0 Å².